The fraction of sp³-hybridized carbons (Fsp3) is 0.700. The van der Waals surface area contributed by atoms with Crippen LogP contribution in [-0.2, 0) is 17.8 Å². The third-order valence-corrected chi connectivity index (χ3v) is 2.84. The number of aliphatic hydroxyl groups is 2. The van der Waals surface area contributed by atoms with Gasteiger partial charge in [0, 0.05) is 13.0 Å². The average Bonchev–Trinajstić information content (AvgIpc) is 2.83. The molecule has 1 rings (SSSR count). The highest BCUT2D eigenvalue weighted by Gasteiger charge is 2.14. The van der Waals surface area contributed by atoms with E-state index in [0.717, 1.165) is 5.75 Å². The highest BCUT2D eigenvalue weighted by atomic mass is 32.2. The molecule has 18 heavy (non-hydrogen) atoms. The van der Waals surface area contributed by atoms with Gasteiger partial charge in [0.15, 0.2) is 5.82 Å². The van der Waals surface area contributed by atoms with Crippen LogP contribution in [0.5, 0.6) is 0 Å². The Morgan fingerprint density at radius 2 is 2.39 bits per heavy atom. The molecule has 1 aromatic heterocycles. The van der Waals surface area contributed by atoms with Gasteiger partial charge in [-0.15, -0.1) is 0 Å². The lowest BCUT2D eigenvalue weighted by molar-refractivity contribution is -0.129. The highest BCUT2D eigenvalue weighted by molar-refractivity contribution is 7.98. The van der Waals surface area contributed by atoms with Crippen LogP contribution in [0.2, 0.25) is 0 Å². The Balaban J connectivity index is 2.22. The van der Waals surface area contributed by atoms with Crippen LogP contribution in [0.1, 0.15) is 18.1 Å². The van der Waals surface area contributed by atoms with Crippen LogP contribution in [0.3, 0.4) is 0 Å². The van der Waals surface area contributed by atoms with Crippen molar-refractivity contribution in [3.63, 3.8) is 0 Å². The number of carbonyl (C=O) groups excluding carboxylic acids is 1. The lowest BCUT2D eigenvalue weighted by Gasteiger charge is -2.09. The molecule has 0 radical (unpaired) electrons. The largest absolute Gasteiger partial charge is 0.387 e. The van der Waals surface area contributed by atoms with E-state index in [1.165, 1.54) is 0 Å². The second-order valence-electron chi connectivity index (χ2n) is 3.60. The van der Waals surface area contributed by atoms with E-state index in [9.17, 15) is 9.90 Å². The zero-order valence-corrected chi connectivity index (χ0v) is 10.9. The van der Waals surface area contributed by atoms with Gasteiger partial charge in [-0.25, -0.2) is 0 Å². The molecular formula is C10H17N3O4S. The number of nitrogens with zero attached hydrogens (tertiary/aromatic N) is 2. The summed E-state index contributed by atoms with van der Waals surface area (Å²) in [6.07, 6.45) is 1.77. The Labute approximate surface area is 109 Å². The minimum atomic E-state index is -0.976. The molecule has 0 spiro atoms. The third kappa shape index (κ3) is 5.03. The molecule has 0 unspecified atom stereocenters. The molecule has 0 bridgehead atoms. The molecule has 1 heterocycles. The number of hydrogen-bond acceptors (Lipinski definition) is 7. The van der Waals surface area contributed by atoms with Crippen LogP contribution in [0, 0.1) is 0 Å². The first-order valence-electron chi connectivity index (χ1n) is 5.54. The summed E-state index contributed by atoms with van der Waals surface area (Å²) in [5.41, 5.74) is 0. The molecule has 3 N–H and O–H groups in total. The summed E-state index contributed by atoms with van der Waals surface area (Å²) >= 11 is 1.58. The third-order valence-electron chi connectivity index (χ3n) is 2.19. The minimum Gasteiger partial charge on any atom is -0.387 e. The fourth-order valence-electron chi connectivity index (χ4n) is 1.23. The smallest absolute Gasteiger partial charge is 0.252 e. The summed E-state index contributed by atoms with van der Waals surface area (Å²) in [6.45, 7) is 0.0202. The van der Waals surface area contributed by atoms with Gasteiger partial charge in [-0.3, -0.25) is 4.79 Å². The zero-order valence-electron chi connectivity index (χ0n) is 10.1. The Hall–Kier alpha value is -1.12. The number of thioether (sulfide) groups is 1. The van der Waals surface area contributed by atoms with E-state index < -0.39 is 12.0 Å². The van der Waals surface area contributed by atoms with Gasteiger partial charge >= 0.3 is 0 Å². The molecule has 102 valence electrons. The van der Waals surface area contributed by atoms with E-state index in [0.29, 0.717) is 25.2 Å². The second-order valence-corrected chi connectivity index (χ2v) is 4.59. The summed E-state index contributed by atoms with van der Waals surface area (Å²) in [5.74, 6) is 0.906. The maximum atomic E-state index is 11.4. The predicted molar refractivity (Wildman–Crippen MR) is 65.9 cm³/mol. The van der Waals surface area contributed by atoms with Crippen molar-refractivity contribution in [2.24, 2.45) is 0 Å². The van der Waals surface area contributed by atoms with Crippen molar-refractivity contribution < 1.29 is 19.5 Å². The van der Waals surface area contributed by atoms with Gasteiger partial charge in [0.2, 0.25) is 5.91 Å². The number of amides is 1. The van der Waals surface area contributed by atoms with Crippen molar-refractivity contribution in [1.29, 1.82) is 0 Å². The van der Waals surface area contributed by atoms with Gasteiger partial charge in [0.1, 0.15) is 12.7 Å². The van der Waals surface area contributed by atoms with E-state index in [1.807, 2.05) is 6.26 Å². The molecular weight excluding hydrogens is 258 g/mol. The second kappa shape index (κ2) is 8.06. The van der Waals surface area contributed by atoms with Crippen molar-refractivity contribution in [3.05, 3.63) is 11.7 Å². The van der Waals surface area contributed by atoms with Gasteiger partial charge in [-0.1, -0.05) is 5.16 Å². The SMILES string of the molecule is CSCC[C@@H](O)C(=O)NCCc1noc(CO)n1. The van der Waals surface area contributed by atoms with Gasteiger partial charge in [-0.2, -0.15) is 16.7 Å². The molecule has 0 saturated heterocycles. The van der Waals surface area contributed by atoms with Gasteiger partial charge < -0.3 is 20.1 Å². The molecule has 0 aliphatic heterocycles. The van der Waals surface area contributed by atoms with E-state index in [2.05, 4.69) is 15.5 Å². The summed E-state index contributed by atoms with van der Waals surface area (Å²) in [6, 6.07) is 0. The predicted octanol–water partition coefficient (Wildman–Crippen LogP) is -0.665. The standard InChI is InChI=1S/C10H17N3O4S/c1-18-5-3-7(15)10(16)11-4-2-8-12-9(6-14)17-13-8/h7,14-15H,2-6H2,1H3,(H,11,16)/t7-/m1/s1. The Morgan fingerprint density at radius 1 is 1.61 bits per heavy atom. The number of aromatic nitrogens is 2. The highest BCUT2D eigenvalue weighted by Crippen LogP contribution is 2.01. The first-order valence-corrected chi connectivity index (χ1v) is 6.93. The van der Waals surface area contributed by atoms with Gasteiger partial charge in [0.25, 0.3) is 5.89 Å². The van der Waals surface area contributed by atoms with Crippen LogP contribution in [0.15, 0.2) is 4.52 Å². The number of hydrogen-bond donors (Lipinski definition) is 3. The molecule has 0 saturated carbocycles. The topological polar surface area (TPSA) is 108 Å². The monoisotopic (exact) mass is 275 g/mol. The average molecular weight is 275 g/mol. The van der Waals surface area contributed by atoms with E-state index in [4.69, 9.17) is 9.63 Å². The summed E-state index contributed by atoms with van der Waals surface area (Å²) in [4.78, 5) is 15.3. The van der Waals surface area contributed by atoms with Crippen LogP contribution < -0.4 is 5.32 Å². The summed E-state index contributed by atoms with van der Waals surface area (Å²) in [7, 11) is 0. The number of nitrogens with one attached hydrogen (secondary N) is 1. The Kier molecular flexibility index (Phi) is 6.69. The van der Waals surface area contributed by atoms with Crippen molar-refractivity contribution in [1.82, 2.24) is 15.5 Å². The number of aliphatic hydroxyl groups excluding tert-OH is 2. The van der Waals surface area contributed by atoms with Crippen molar-refractivity contribution in [3.8, 4) is 0 Å². The van der Waals surface area contributed by atoms with Gasteiger partial charge in [-0.05, 0) is 18.4 Å². The van der Waals surface area contributed by atoms with Crippen LogP contribution in [0.25, 0.3) is 0 Å². The summed E-state index contributed by atoms with van der Waals surface area (Å²) in [5, 5.41) is 24.4. The first kappa shape index (κ1) is 14.9. The van der Waals surface area contributed by atoms with Gasteiger partial charge in [0.05, 0.1) is 0 Å². The molecule has 8 heteroatoms. The maximum Gasteiger partial charge on any atom is 0.252 e. The molecule has 1 aromatic rings. The first-order chi connectivity index (χ1) is 8.67. The quantitative estimate of drug-likeness (QED) is 0.577. The molecule has 0 aliphatic rings. The summed E-state index contributed by atoms with van der Waals surface area (Å²) < 4.78 is 4.70. The normalized spacial score (nSPS) is 12.4. The number of rotatable bonds is 8. The zero-order chi connectivity index (χ0) is 13.4. The Bertz CT molecular complexity index is 372. The molecule has 0 fully saturated rings. The van der Waals surface area contributed by atoms with Crippen molar-refractivity contribution >= 4 is 17.7 Å². The van der Waals surface area contributed by atoms with E-state index in [-0.39, 0.29) is 12.5 Å². The van der Waals surface area contributed by atoms with Crippen molar-refractivity contribution in [2.75, 3.05) is 18.6 Å². The molecule has 1 atom stereocenters. The molecule has 0 aliphatic carbocycles. The van der Waals surface area contributed by atoms with Crippen molar-refractivity contribution in [2.45, 2.75) is 25.6 Å². The van der Waals surface area contributed by atoms with Crippen LogP contribution in [-0.4, -0.2) is 50.9 Å². The molecule has 1 amide bonds. The minimum absolute atomic E-state index is 0.149. The lowest BCUT2D eigenvalue weighted by Crippen LogP contribution is -2.36. The number of carbonyl (C=O) groups is 1. The van der Waals surface area contributed by atoms with Crippen LogP contribution >= 0.6 is 11.8 Å². The lowest BCUT2D eigenvalue weighted by atomic mass is 10.2. The maximum absolute atomic E-state index is 11.4. The van der Waals surface area contributed by atoms with Crippen LogP contribution in [0.4, 0.5) is 0 Å². The fourth-order valence-corrected chi connectivity index (χ4v) is 1.69. The van der Waals surface area contributed by atoms with E-state index in [1.54, 1.807) is 11.8 Å². The Morgan fingerprint density at radius 3 is 3.00 bits per heavy atom. The van der Waals surface area contributed by atoms with E-state index >= 15 is 0 Å². The molecule has 7 nitrogen and oxygen atoms in total. The molecule has 0 aromatic carbocycles.